The summed E-state index contributed by atoms with van der Waals surface area (Å²) in [4.78, 5) is 0. The molecule has 0 radical (unpaired) electrons. The molecule has 0 unspecified atom stereocenters. The van der Waals surface area contributed by atoms with E-state index in [1.807, 2.05) is 19.9 Å². The molecule has 84 valence electrons. The third-order valence-electron chi connectivity index (χ3n) is 2.67. The van der Waals surface area contributed by atoms with Gasteiger partial charge in [0.15, 0.2) is 0 Å². The number of benzene rings is 1. The smallest absolute Gasteiger partial charge is 0.125 e. The first-order valence-corrected chi connectivity index (χ1v) is 4.97. The summed E-state index contributed by atoms with van der Waals surface area (Å²) in [6, 6.07) is 1.93. The van der Waals surface area contributed by atoms with Crippen molar-refractivity contribution in [3.63, 3.8) is 0 Å². The highest BCUT2D eigenvalue weighted by Gasteiger charge is 2.12. The highest BCUT2D eigenvalue weighted by molar-refractivity contribution is 5.52. The summed E-state index contributed by atoms with van der Waals surface area (Å²) >= 11 is 0. The van der Waals surface area contributed by atoms with Crippen LogP contribution in [0.5, 0.6) is 11.5 Å². The molecule has 3 heteroatoms. The molecule has 15 heavy (non-hydrogen) atoms. The van der Waals surface area contributed by atoms with E-state index in [-0.39, 0.29) is 6.61 Å². The Hall–Kier alpha value is -1.22. The third-order valence-corrected chi connectivity index (χ3v) is 2.67. The van der Waals surface area contributed by atoms with Crippen LogP contribution in [0.25, 0.3) is 0 Å². The zero-order chi connectivity index (χ0) is 11.4. The Labute approximate surface area is 90.6 Å². The van der Waals surface area contributed by atoms with Gasteiger partial charge in [-0.2, -0.15) is 0 Å². The van der Waals surface area contributed by atoms with Gasteiger partial charge in [0.25, 0.3) is 0 Å². The van der Waals surface area contributed by atoms with Gasteiger partial charge in [0.1, 0.15) is 11.5 Å². The molecule has 0 bridgehead atoms. The molecule has 0 aliphatic carbocycles. The average Bonchev–Trinajstić information content (AvgIpc) is 2.24. The van der Waals surface area contributed by atoms with Crippen LogP contribution in [0, 0.1) is 13.8 Å². The second-order valence-electron chi connectivity index (χ2n) is 3.49. The van der Waals surface area contributed by atoms with Gasteiger partial charge >= 0.3 is 0 Å². The fourth-order valence-corrected chi connectivity index (χ4v) is 1.73. The molecule has 0 aliphatic rings. The maximum Gasteiger partial charge on any atom is 0.125 e. The summed E-state index contributed by atoms with van der Waals surface area (Å²) in [6.45, 7) is 4.11. The fraction of sp³-hybridized carbons (Fsp3) is 0.500. The van der Waals surface area contributed by atoms with Gasteiger partial charge in [0.2, 0.25) is 0 Å². The maximum absolute atomic E-state index is 8.97. The predicted octanol–water partition coefficient (Wildman–Crippen LogP) is 1.86. The summed E-state index contributed by atoms with van der Waals surface area (Å²) in [5.74, 6) is 1.69. The first-order valence-electron chi connectivity index (χ1n) is 4.97. The lowest BCUT2D eigenvalue weighted by Crippen LogP contribution is -2.01. The van der Waals surface area contributed by atoms with Crippen molar-refractivity contribution in [2.45, 2.75) is 20.3 Å². The lowest BCUT2D eigenvalue weighted by molar-refractivity contribution is 0.296. The number of hydrogen-bond acceptors (Lipinski definition) is 3. The van der Waals surface area contributed by atoms with E-state index in [1.54, 1.807) is 14.2 Å². The van der Waals surface area contributed by atoms with Gasteiger partial charge in [-0.15, -0.1) is 0 Å². The molecule has 0 heterocycles. The topological polar surface area (TPSA) is 38.7 Å². The van der Waals surface area contributed by atoms with E-state index in [1.165, 1.54) is 0 Å². The number of methoxy groups -OCH3 is 2. The molecule has 0 amide bonds. The van der Waals surface area contributed by atoms with Crippen LogP contribution >= 0.6 is 0 Å². The van der Waals surface area contributed by atoms with Gasteiger partial charge in [-0.1, -0.05) is 0 Å². The Kier molecular flexibility index (Phi) is 3.97. The number of hydrogen-bond donors (Lipinski definition) is 1. The third kappa shape index (κ3) is 2.23. The Morgan fingerprint density at radius 1 is 1.13 bits per heavy atom. The van der Waals surface area contributed by atoms with Gasteiger partial charge < -0.3 is 14.6 Å². The predicted molar refractivity (Wildman–Crippen MR) is 59.8 cm³/mol. The second kappa shape index (κ2) is 5.03. The van der Waals surface area contributed by atoms with Gasteiger partial charge in [-0.05, 0) is 37.5 Å². The fourth-order valence-electron chi connectivity index (χ4n) is 1.73. The average molecular weight is 210 g/mol. The summed E-state index contributed by atoms with van der Waals surface area (Å²) in [7, 11) is 3.30. The lowest BCUT2D eigenvalue weighted by atomic mass is 10.0. The molecule has 0 fully saturated rings. The first kappa shape index (κ1) is 11.9. The number of aliphatic hydroxyl groups excluding tert-OH is 1. The van der Waals surface area contributed by atoms with Gasteiger partial charge in [0.05, 0.1) is 14.2 Å². The van der Waals surface area contributed by atoms with Crippen molar-refractivity contribution in [3.05, 3.63) is 22.8 Å². The number of aliphatic hydroxyl groups is 1. The van der Waals surface area contributed by atoms with E-state index in [9.17, 15) is 0 Å². The largest absolute Gasteiger partial charge is 0.496 e. The molecule has 0 atom stereocenters. The standard InChI is InChI=1S/C12H18O3/c1-8-9(2)12(15-4)10(5-6-13)7-11(8)14-3/h7,13H,5-6H2,1-4H3. The van der Waals surface area contributed by atoms with E-state index in [0.717, 1.165) is 28.2 Å². The van der Waals surface area contributed by atoms with E-state index in [4.69, 9.17) is 14.6 Å². The number of rotatable bonds is 4. The van der Waals surface area contributed by atoms with Gasteiger partial charge in [0, 0.05) is 12.2 Å². The molecule has 0 aliphatic heterocycles. The van der Waals surface area contributed by atoms with Crippen LogP contribution in [0.15, 0.2) is 6.07 Å². The maximum atomic E-state index is 8.97. The van der Waals surface area contributed by atoms with Crippen molar-refractivity contribution in [3.8, 4) is 11.5 Å². The first-order chi connectivity index (χ1) is 7.15. The van der Waals surface area contributed by atoms with Crippen molar-refractivity contribution in [1.29, 1.82) is 0 Å². The minimum Gasteiger partial charge on any atom is -0.496 e. The van der Waals surface area contributed by atoms with E-state index in [2.05, 4.69) is 0 Å². The molecule has 1 rings (SSSR count). The van der Waals surface area contributed by atoms with Gasteiger partial charge in [-0.25, -0.2) is 0 Å². The van der Waals surface area contributed by atoms with Crippen LogP contribution in [0.1, 0.15) is 16.7 Å². The Bertz CT molecular complexity index is 345. The van der Waals surface area contributed by atoms with Gasteiger partial charge in [-0.3, -0.25) is 0 Å². The van der Waals surface area contributed by atoms with Crippen molar-refractivity contribution in [1.82, 2.24) is 0 Å². The Morgan fingerprint density at radius 3 is 2.27 bits per heavy atom. The molecular formula is C12H18O3. The van der Waals surface area contributed by atoms with Crippen LogP contribution in [-0.4, -0.2) is 25.9 Å². The second-order valence-corrected chi connectivity index (χ2v) is 3.49. The highest BCUT2D eigenvalue weighted by atomic mass is 16.5. The van der Waals surface area contributed by atoms with E-state index >= 15 is 0 Å². The molecule has 1 aromatic rings. The molecule has 0 saturated carbocycles. The summed E-state index contributed by atoms with van der Waals surface area (Å²) < 4.78 is 10.6. The summed E-state index contributed by atoms with van der Waals surface area (Å²) in [6.07, 6.45) is 0.584. The summed E-state index contributed by atoms with van der Waals surface area (Å²) in [5.41, 5.74) is 3.14. The van der Waals surface area contributed by atoms with Crippen LogP contribution in [0.3, 0.4) is 0 Å². The molecule has 0 aromatic heterocycles. The molecule has 0 spiro atoms. The highest BCUT2D eigenvalue weighted by Crippen LogP contribution is 2.33. The quantitative estimate of drug-likeness (QED) is 0.824. The van der Waals surface area contributed by atoms with Crippen LogP contribution in [-0.2, 0) is 6.42 Å². The van der Waals surface area contributed by atoms with E-state index in [0.29, 0.717) is 6.42 Å². The molecular weight excluding hydrogens is 192 g/mol. The molecule has 3 nitrogen and oxygen atoms in total. The Balaban J connectivity index is 3.30. The van der Waals surface area contributed by atoms with Crippen molar-refractivity contribution < 1.29 is 14.6 Å². The van der Waals surface area contributed by atoms with Crippen LogP contribution < -0.4 is 9.47 Å². The monoisotopic (exact) mass is 210 g/mol. The van der Waals surface area contributed by atoms with Crippen LogP contribution in [0.2, 0.25) is 0 Å². The minimum absolute atomic E-state index is 0.113. The lowest BCUT2D eigenvalue weighted by Gasteiger charge is -2.16. The normalized spacial score (nSPS) is 10.2. The van der Waals surface area contributed by atoms with E-state index < -0.39 is 0 Å². The molecule has 1 N–H and O–H groups in total. The molecule has 0 saturated heterocycles. The minimum atomic E-state index is 0.113. The Morgan fingerprint density at radius 2 is 1.80 bits per heavy atom. The zero-order valence-corrected chi connectivity index (χ0v) is 9.76. The number of ether oxygens (including phenoxy) is 2. The van der Waals surface area contributed by atoms with Crippen molar-refractivity contribution >= 4 is 0 Å². The zero-order valence-electron chi connectivity index (χ0n) is 9.76. The SMILES string of the molecule is COc1cc(CCO)c(OC)c(C)c1C. The summed E-state index contributed by atoms with van der Waals surface area (Å²) in [5, 5.41) is 8.97. The van der Waals surface area contributed by atoms with Crippen molar-refractivity contribution in [2.75, 3.05) is 20.8 Å². The van der Waals surface area contributed by atoms with Crippen LogP contribution in [0.4, 0.5) is 0 Å². The van der Waals surface area contributed by atoms with Crippen molar-refractivity contribution in [2.24, 2.45) is 0 Å². The molecule has 1 aromatic carbocycles.